The molecule has 0 saturated carbocycles. The number of imide groups is 1. The molecule has 4 N–H and O–H groups in total. The van der Waals surface area contributed by atoms with Gasteiger partial charge in [0.1, 0.15) is 23.3 Å². The number of nitrogens with one attached hydrogen (secondary N) is 4. The first-order valence-corrected chi connectivity index (χ1v) is 18.5. The van der Waals surface area contributed by atoms with Crippen molar-refractivity contribution < 1.29 is 41.4 Å². The Morgan fingerprint density at radius 2 is 1.21 bits per heavy atom. The molecule has 6 rings (SSSR count). The van der Waals surface area contributed by atoms with Crippen LogP contribution in [0.2, 0.25) is 0 Å². The van der Waals surface area contributed by atoms with Gasteiger partial charge in [-0.05, 0) is 90.4 Å². The summed E-state index contributed by atoms with van der Waals surface area (Å²) in [7, 11) is 0. The number of anilines is 6. The van der Waals surface area contributed by atoms with Crippen LogP contribution in [0.4, 0.5) is 66.7 Å². The number of carbonyl (C=O) groups is 2. The topological polar surface area (TPSA) is 137 Å². The Labute approximate surface area is 343 Å². The highest BCUT2D eigenvalue weighted by molar-refractivity contribution is 14.1. The standard InChI is InChI=1S/C26H24FN5O2.C13H14FIN4.2F2.FH/c1-2-14-28-23-18(17-29-26(31-23)30-20-11-8-10-19(27)16-20)9-4-3-7-15-32-24(33)21-12-5-6-13-22(21)25(32)34;1-2-6-16-12-11(15)8-17-13(19-12)18-10-5-3-4-9(14)7-10;2*1-2;/h5-6,8,10-13,16-17H,2-3,7,14-15H2,1H3,(H2,28,29,30,31);3-5,7-8H,2,6H2,1H3,(H2,16,17,18,19);;;1H. The number of hydrogen-bond donors (Lipinski definition) is 4. The number of benzene rings is 3. The summed E-state index contributed by atoms with van der Waals surface area (Å²) in [5.41, 5.74) is 2.72. The zero-order valence-electron chi connectivity index (χ0n) is 31.1. The van der Waals surface area contributed by atoms with Gasteiger partial charge in [0.25, 0.3) is 11.8 Å². The maximum Gasteiger partial charge on any atom is 0.261 e. The molecule has 0 saturated heterocycles. The van der Waals surface area contributed by atoms with Crippen molar-refractivity contribution in [3.8, 4) is 11.8 Å². The minimum absolute atomic E-state index is 0. The fourth-order valence-corrected chi connectivity index (χ4v) is 5.47. The summed E-state index contributed by atoms with van der Waals surface area (Å²) < 4.78 is 59.5. The smallest absolute Gasteiger partial charge is 0.261 e. The van der Waals surface area contributed by atoms with Crippen LogP contribution in [0.25, 0.3) is 0 Å². The molecule has 308 valence electrons. The molecule has 0 atom stereocenters. The molecule has 58 heavy (non-hydrogen) atoms. The molecule has 19 heteroatoms. The number of nitrogens with zero attached hydrogens (tertiary/aromatic N) is 5. The molecule has 1 aliphatic rings. The van der Waals surface area contributed by atoms with Gasteiger partial charge in [-0.25, -0.2) is 18.7 Å². The van der Waals surface area contributed by atoms with Gasteiger partial charge in [-0.1, -0.05) is 50.0 Å². The Morgan fingerprint density at radius 1 is 0.707 bits per heavy atom. The number of hydrogen-bond acceptors (Lipinski definition) is 10. The van der Waals surface area contributed by atoms with E-state index in [4.69, 9.17) is 18.3 Å². The molecule has 3 heterocycles. The van der Waals surface area contributed by atoms with Crippen molar-refractivity contribution >= 4 is 69.3 Å². The maximum absolute atomic E-state index is 13.4. The number of unbranched alkanes of at least 4 members (excludes halogenated alkanes) is 1. The molecule has 1 aliphatic heterocycles. The molecule has 2 aromatic heterocycles. The van der Waals surface area contributed by atoms with Crippen molar-refractivity contribution in [1.29, 1.82) is 0 Å². The highest BCUT2D eigenvalue weighted by atomic mass is 127. The highest BCUT2D eigenvalue weighted by Gasteiger charge is 2.34. The number of fused-ring (bicyclic) bond motifs is 1. The molecular formula is C39H39F7IN9O2. The largest absolute Gasteiger partial charge is 0.369 e. The van der Waals surface area contributed by atoms with Crippen molar-refractivity contribution in [1.82, 2.24) is 24.8 Å². The van der Waals surface area contributed by atoms with E-state index in [1.54, 1.807) is 60.9 Å². The van der Waals surface area contributed by atoms with Crippen LogP contribution in [0.15, 0.2) is 85.2 Å². The lowest BCUT2D eigenvalue weighted by atomic mass is 10.1. The third-order valence-electron chi connectivity index (χ3n) is 7.56. The SMILES string of the molecule is CCCNc1nc(Nc2cccc(F)c2)ncc1C#CCCCN1C(=O)c2ccccc2C1=O.CCCNc1nc(Nc2cccc(F)c2)ncc1I.F.FF.FF. The number of carbonyl (C=O) groups excluding carboxylic acids is 2. The van der Waals surface area contributed by atoms with Gasteiger partial charge in [0.2, 0.25) is 11.9 Å². The zero-order valence-corrected chi connectivity index (χ0v) is 33.3. The van der Waals surface area contributed by atoms with E-state index in [9.17, 15) is 18.4 Å². The van der Waals surface area contributed by atoms with Gasteiger partial charge in [0.15, 0.2) is 0 Å². The lowest BCUT2D eigenvalue weighted by molar-refractivity contribution is 0.0653. The first-order chi connectivity index (χ1) is 27.7. The number of rotatable bonds is 13. The second-order valence-electron chi connectivity index (χ2n) is 11.7. The molecule has 0 aliphatic carbocycles. The number of amides is 2. The van der Waals surface area contributed by atoms with Gasteiger partial charge in [-0.15, -0.1) is 0 Å². The molecule has 0 unspecified atom stereocenters. The van der Waals surface area contributed by atoms with Crippen LogP contribution >= 0.6 is 22.6 Å². The molecule has 3 aromatic carbocycles. The quantitative estimate of drug-likeness (QED) is 0.0297. The second-order valence-corrected chi connectivity index (χ2v) is 12.8. The number of halogens is 8. The first-order valence-electron chi connectivity index (χ1n) is 17.4. The molecule has 5 aromatic rings. The Hall–Kier alpha value is -6.04. The Kier molecular flexibility index (Phi) is 21.6. The summed E-state index contributed by atoms with van der Waals surface area (Å²) in [6, 6.07) is 19.1. The van der Waals surface area contributed by atoms with Crippen molar-refractivity contribution in [3.05, 3.63) is 117 Å². The predicted octanol–water partition coefficient (Wildman–Crippen LogP) is 10.2. The van der Waals surface area contributed by atoms with Crippen LogP contribution in [-0.4, -0.2) is 56.3 Å². The van der Waals surface area contributed by atoms with Crippen molar-refractivity contribution in [2.75, 3.05) is 40.9 Å². The van der Waals surface area contributed by atoms with E-state index in [1.807, 2.05) is 6.92 Å². The summed E-state index contributed by atoms with van der Waals surface area (Å²) in [6.07, 6.45) is 6.34. The van der Waals surface area contributed by atoms with Crippen LogP contribution in [0, 0.1) is 27.0 Å². The van der Waals surface area contributed by atoms with Crippen LogP contribution in [0.5, 0.6) is 0 Å². The third-order valence-corrected chi connectivity index (χ3v) is 8.35. The van der Waals surface area contributed by atoms with E-state index in [0.717, 1.165) is 28.8 Å². The van der Waals surface area contributed by atoms with Crippen molar-refractivity contribution in [2.45, 2.75) is 39.5 Å². The predicted molar refractivity (Wildman–Crippen MR) is 219 cm³/mol. The van der Waals surface area contributed by atoms with Gasteiger partial charge in [-0.3, -0.25) is 19.2 Å². The second kappa shape index (κ2) is 26.0. The average molecular weight is 926 g/mol. The maximum atomic E-state index is 13.4. The van der Waals surface area contributed by atoms with E-state index >= 15 is 0 Å². The van der Waals surface area contributed by atoms with Crippen molar-refractivity contribution in [2.24, 2.45) is 0 Å². The molecule has 0 fully saturated rings. The summed E-state index contributed by atoms with van der Waals surface area (Å²) in [5.74, 6) is 7.16. The summed E-state index contributed by atoms with van der Waals surface area (Å²) in [6.45, 7) is 6.02. The fraction of sp³-hybridized carbons (Fsp3) is 0.231. The Morgan fingerprint density at radius 3 is 1.72 bits per heavy atom. The third kappa shape index (κ3) is 14.5. The van der Waals surface area contributed by atoms with Gasteiger partial charge in [0, 0.05) is 61.9 Å². The van der Waals surface area contributed by atoms with E-state index in [1.165, 1.54) is 29.2 Å². The van der Waals surface area contributed by atoms with Gasteiger partial charge in [0.05, 0.1) is 26.5 Å². The van der Waals surface area contributed by atoms with Crippen LogP contribution < -0.4 is 21.3 Å². The van der Waals surface area contributed by atoms with Gasteiger partial charge in [-0.2, -0.15) is 9.97 Å². The van der Waals surface area contributed by atoms with Crippen LogP contribution in [-0.2, 0) is 0 Å². The van der Waals surface area contributed by atoms with E-state index in [-0.39, 0.29) is 28.2 Å². The molecule has 0 spiro atoms. The van der Waals surface area contributed by atoms with Gasteiger partial charge >= 0.3 is 0 Å². The molecular weight excluding hydrogens is 886 g/mol. The first kappa shape index (κ1) is 48.1. The van der Waals surface area contributed by atoms with Crippen molar-refractivity contribution in [3.63, 3.8) is 0 Å². The van der Waals surface area contributed by atoms with Gasteiger partial charge < -0.3 is 21.3 Å². The lowest BCUT2D eigenvalue weighted by Crippen LogP contribution is -2.30. The minimum atomic E-state index is -0.349. The fourth-order valence-electron chi connectivity index (χ4n) is 5.02. The lowest BCUT2D eigenvalue weighted by Gasteiger charge is -2.12. The summed E-state index contributed by atoms with van der Waals surface area (Å²) >= 11 is 2.18. The minimum Gasteiger partial charge on any atom is -0.369 e. The highest BCUT2D eigenvalue weighted by Crippen LogP contribution is 2.23. The molecule has 0 bridgehead atoms. The van der Waals surface area contributed by atoms with E-state index in [2.05, 4.69) is 82.6 Å². The molecule has 0 radical (unpaired) electrons. The van der Waals surface area contributed by atoms with Crippen LogP contribution in [0.3, 0.4) is 0 Å². The Bertz CT molecular complexity index is 2110. The monoisotopic (exact) mass is 925 g/mol. The van der Waals surface area contributed by atoms with Crippen LogP contribution in [0.1, 0.15) is 65.8 Å². The number of aromatic nitrogens is 4. The summed E-state index contributed by atoms with van der Waals surface area (Å²) in [4.78, 5) is 43.5. The Balaban J connectivity index is 0.000000411. The normalized spacial score (nSPS) is 10.7. The zero-order chi connectivity index (χ0) is 41.6. The summed E-state index contributed by atoms with van der Waals surface area (Å²) in [5, 5.41) is 12.4. The molecule has 2 amide bonds. The molecule has 11 nitrogen and oxygen atoms in total. The van der Waals surface area contributed by atoms with E-state index in [0.29, 0.717) is 71.7 Å². The average Bonchev–Trinajstić information content (AvgIpc) is 3.47. The van der Waals surface area contributed by atoms with E-state index < -0.39 is 0 Å².